The number of rotatable bonds is 3. The summed E-state index contributed by atoms with van der Waals surface area (Å²) in [5.41, 5.74) is 1.16. The SMILES string of the molecule is Cc1c(-c2ccc(C(F)(F)F)cc2O)nnc2c1CCCN2[C@@H]1CCCN(C2CCN(C(=O)OC(C)(C)C)CC2)C1. The maximum atomic E-state index is 13.1. The lowest BCUT2D eigenvalue weighted by molar-refractivity contribution is -0.137. The van der Waals surface area contributed by atoms with E-state index in [1.807, 2.05) is 32.6 Å². The molecule has 8 nitrogen and oxygen atoms in total. The van der Waals surface area contributed by atoms with E-state index in [1.165, 1.54) is 6.07 Å². The molecular formula is C30H40F3N5O3. The Morgan fingerprint density at radius 1 is 1.00 bits per heavy atom. The predicted octanol–water partition coefficient (Wildman–Crippen LogP) is 5.79. The van der Waals surface area contributed by atoms with Crippen LogP contribution in [0.3, 0.4) is 0 Å². The molecular weight excluding hydrogens is 535 g/mol. The normalized spacial score (nSPS) is 21.1. The number of amides is 1. The number of fused-ring (bicyclic) bond motifs is 1. The van der Waals surface area contributed by atoms with E-state index in [2.05, 4.69) is 20.0 Å². The van der Waals surface area contributed by atoms with E-state index in [-0.39, 0.29) is 17.7 Å². The first kappa shape index (κ1) is 29.4. The molecule has 1 amide bonds. The van der Waals surface area contributed by atoms with Gasteiger partial charge in [0.15, 0.2) is 5.82 Å². The lowest BCUT2D eigenvalue weighted by atomic mass is 9.93. The van der Waals surface area contributed by atoms with E-state index in [9.17, 15) is 23.1 Å². The quantitative estimate of drug-likeness (QED) is 0.496. The fourth-order valence-electron chi connectivity index (χ4n) is 6.43. The molecule has 0 bridgehead atoms. The number of anilines is 1. The zero-order chi connectivity index (χ0) is 29.5. The van der Waals surface area contributed by atoms with Gasteiger partial charge in [0.1, 0.15) is 11.4 Å². The van der Waals surface area contributed by atoms with E-state index >= 15 is 0 Å². The molecule has 41 heavy (non-hydrogen) atoms. The predicted molar refractivity (Wildman–Crippen MR) is 150 cm³/mol. The molecule has 2 saturated heterocycles. The monoisotopic (exact) mass is 575 g/mol. The van der Waals surface area contributed by atoms with Crippen molar-refractivity contribution in [3.63, 3.8) is 0 Å². The average molecular weight is 576 g/mol. The summed E-state index contributed by atoms with van der Waals surface area (Å²) in [5, 5.41) is 19.4. The van der Waals surface area contributed by atoms with Crippen LogP contribution in [0.4, 0.5) is 23.8 Å². The van der Waals surface area contributed by atoms with Gasteiger partial charge in [-0.25, -0.2) is 4.79 Å². The Balaban J connectivity index is 1.29. The van der Waals surface area contributed by atoms with Crippen LogP contribution in [0.2, 0.25) is 0 Å². The van der Waals surface area contributed by atoms with Crippen molar-refractivity contribution in [3.8, 4) is 17.0 Å². The van der Waals surface area contributed by atoms with Crippen LogP contribution in [0.25, 0.3) is 11.3 Å². The van der Waals surface area contributed by atoms with Gasteiger partial charge in [0.2, 0.25) is 0 Å². The fourth-order valence-corrected chi connectivity index (χ4v) is 6.43. The summed E-state index contributed by atoms with van der Waals surface area (Å²) in [4.78, 5) is 19.2. The average Bonchev–Trinajstić information content (AvgIpc) is 2.92. The number of alkyl halides is 3. The molecule has 0 unspecified atom stereocenters. The number of nitrogens with zero attached hydrogens (tertiary/aromatic N) is 5. The van der Waals surface area contributed by atoms with Crippen LogP contribution < -0.4 is 4.90 Å². The number of aromatic nitrogens is 2. The summed E-state index contributed by atoms with van der Waals surface area (Å²) in [6, 6.07) is 3.69. The van der Waals surface area contributed by atoms with Gasteiger partial charge in [-0.1, -0.05) is 0 Å². The number of carbonyl (C=O) groups excluding carboxylic acids is 1. The first-order chi connectivity index (χ1) is 19.3. The second kappa shape index (κ2) is 11.3. The molecule has 3 aliphatic rings. The molecule has 1 aromatic carbocycles. The Morgan fingerprint density at radius 3 is 2.39 bits per heavy atom. The van der Waals surface area contributed by atoms with Crippen LogP contribution in [-0.2, 0) is 17.3 Å². The standard InChI is InChI=1S/C30H40F3N5O3/c1-19-23-8-6-14-38(27(23)35-34-26(19)24-10-9-20(17-25(24)39)30(31,32)33)22-7-5-13-37(18-22)21-11-15-36(16-12-21)28(40)41-29(2,3)4/h9-10,17,21-22,39H,5-8,11-16,18H2,1-4H3/t22-/m1/s1. The number of benzene rings is 1. The van der Waals surface area contributed by atoms with Crippen LogP contribution in [-0.4, -0.2) is 81.6 Å². The number of piperidine rings is 2. The molecule has 1 N–H and O–H groups in total. The largest absolute Gasteiger partial charge is 0.507 e. The second-order valence-electron chi connectivity index (χ2n) is 12.5. The summed E-state index contributed by atoms with van der Waals surface area (Å²) in [6.45, 7) is 11.8. The fraction of sp³-hybridized carbons (Fsp3) is 0.633. The molecule has 1 atom stereocenters. The van der Waals surface area contributed by atoms with Crippen molar-refractivity contribution >= 4 is 11.9 Å². The van der Waals surface area contributed by atoms with Crippen LogP contribution in [0, 0.1) is 6.92 Å². The molecule has 3 aliphatic heterocycles. The van der Waals surface area contributed by atoms with Crippen LogP contribution in [0.5, 0.6) is 5.75 Å². The van der Waals surface area contributed by atoms with Gasteiger partial charge >= 0.3 is 12.3 Å². The Bertz CT molecular complexity index is 1270. The number of hydrogen-bond acceptors (Lipinski definition) is 7. The summed E-state index contributed by atoms with van der Waals surface area (Å²) in [5.74, 6) is 0.390. The third-order valence-electron chi connectivity index (χ3n) is 8.50. The van der Waals surface area contributed by atoms with Crippen molar-refractivity contribution in [1.82, 2.24) is 20.0 Å². The first-order valence-electron chi connectivity index (χ1n) is 14.6. The van der Waals surface area contributed by atoms with Gasteiger partial charge in [0.05, 0.1) is 11.3 Å². The highest BCUT2D eigenvalue weighted by Gasteiger charge is 2.36. The van der Waals surface area contributed by atoms with Gasteiger partial charge < -0.3 is 19.6 Å². The zero-order valence-corrected chi connectivity index (χ0v) is 24.3. The number of likely N-dealkylation sites (tertiary alicyclic amines) is 2. The van der Waals surface area contributed by atoms with Crippen LogP contribution in [0.1, 0.15) is 69.6 Å². The minimum Gasteiger partial charge on any atom is -0.507 e. The highest BCUT2D eigenvalue weighted by Crippen LogP contribution is 2.40. The summed E-state index contributed by atoms with van der Waals surface area (Å²) >= 11 is 0. The van der Waals surface area contributed by atoms with Gasteiger partial charge in [0.25, 0.3) is 0 Å². The molecule has 1 aromatic heterocycles. The molecule has 0 spiro atoms. The number of ether oxygens (including phenoxy) is 1. The molecule has 0 aliphatic carbocycles. The maximum Gasteiger partial charge on any atom is 0.416 e. The Hall–Kier alpha value is -3.08. The van der Waals surface area contributed by atoms with Gasteiger partial charge in [0, 0.05) is 49.4 Å². The third kappa shape index (κ3) is 6.39. The highest BCUT2D eigenvalue weighted by molar-refractivity contribution is 5.73. The van der Waals surface area contributed by atoms with E-state index in [4.69, 9.17) is 4.74 Å². The number of aromatic hydroxyl groups is 1. The second-order valence-corrected chi connectivity index (χ2v) is 12.5. The lowest BCUT2D eigenvalue weighted by Crippen LogP contribution is -2.55. The van der Waals surface area contributed by atoms with E-state index < -0.39 is 23.1 Å². The smallest absolute Gasteiger partial charge is 0.416 e. The number of halogens is 3. The highest BCUT2D eigenvalue weighted by atomic mass is 19.4. The zero-order valence-electron chi connectivity index (χ0n) is 24.3. The van der Waals surface area contributed by atoms with Crippen molar-refractivity contribution in [2.75, 3.05) is 37.6 Å². The number of hydrogen-bond donors (Lipinski definition) is 1. The van der Waals surface area contributed by atoms with E-state index in [0.717, 1.165) is 87.2 Å². The van der Waals surface area contributed by atoms with Gasteiger partial charge in [-0.3, -0.25) is 4.90 Å². The van der Waals surface area contributed by atoms with Crippen molar-refractivity contribution in [2.24, 2.45) is 0 Å². The van der Waals surface area contributed by atoms with Crippen LogP contribution >= 0.6 is 0 Å². The van der Waals surface area contributed by atoms with E-state index in [0.29, 0.717) is 24.8 Å². The Morgan fingerprint density at radius 2 is 1.73 bits per heavy atom. The van der Waals surface area contributed by atoms with E-state index in [1.54, 1.807) is 0 Å². The minimum absolute atomic E-state index is 0.240. The molecule has 4 heterocycles. The molecule has 224 valence electrons. The molecule has 2 fully saturated rings. The molecule has 0 radical (unpaired) electrons. The van der Waals surface area contributed by atoms with Crippen molar-refractivity contribution in [3.05, 3.63) is 34.9 Å². The number of phenols is 1. The maximum absolute atomic E-state index is 13.1. The van der Waals surface area contributed by atoms with Crippen LogP contribution in [0.15, 0.2) is 18.2 Å². The molecule has 5 rings (SSSR count). The van der Waals surface area contributed by atoms with Crippen molar-refractivity contribution in [1.29, 1.82) is 0 Å². The van der Waals surface area contributed by atoms with Gasteiger partial charge in [-0.05, 0) is 96.5 Å². The van der Waals surface area contributed by atoms with Gasteiger partial charge in [-0.2, -0.15) is 13.2 Å². The minimum atomic E-state index is -4.53. The number of carbonyl (C=O) groups is 1. The third-order valence-corrected chi connectivity index (χ3v) is 8.50. The summed E-state index contributed by atoms with van der Waals surface area (Å²) < 4.78 is 44.9. The van der Waals surface area contributed by atoms with Crippen molar-refractivity contribution in [2.45, 2.75) is 90.1 Å². The Labute approximate surface area is 239 Å². The van der Waals surface area contributed by atoms with Crippen molar-refractivity contribution < 1.29 is 27.8 Å². The van der Waals surface area contributed by atoms with Gasteiger partial charge in [-0.15, -0.1) is 10.2 Å². The first-order valence-corrected chi connectivity index (χ1v) is 14.6. The summed E-state index contributed by atoms with van der Waals surface area (Å²) in [7, 11) is 0. The molecule has 0 saturated carbocycles. The lowest BCUT2D eigenvalue weighted by Gasteiger charge is -2.46. The number of phenolic OH excluding ortho intramolecular Hbond substituents is 1. The summed E-state index contributed by atoms with van der Waals surface area (Å²) in [6.07, 6.45) is 0.944. The Kier molecular flexibility index (Phi) is 8.11. The molecule has 2 aromatic rings. The topological polar surface area (TPSA) is 82.0 Å². The molecule has 11 heteroatoms.